The minimum atomic E-state index is 0.457. The Kier molecular flexibility index (Phi) is 3.56. The van der Waals surface area contributed by atoms with E-state index in [4.69, 9.17) is 5.73 Å². The van der Waals surface area contributed by atoms with E-state index in [2.05, 4.69) is 27.3 Å². The summed E-state index contributed by atoms with van der Waals surface area (Å²) in [5, 5.41) is 11.1. The van der Waals surface area contributed by atoms with Gasteiger partial charge in [-0.25, -0.2) is 0 Å². The van der Waals surface area contributed by atoms with Gasteiger partial charge in [-0.2, -0.15) is 0 Å². The molecule has 1 fully saturated rings. The minimum absolute atomic E-state index is 0.457. The van der Waals surface area contributed by atoms with Crippen LogP contribution in [-0.2, 0) is 0 Å². The Bertz CT molecular complexity index is 318. The van der Waals surface area contributed by atoms with Crippen molar-refractivity contribution in [3.8, 4) is 0 Å². The van der Waals surface area contributed by atoms with Crippen molar-refractivity contribution in [1.29, 1.82) is 0 Å². The largest absolute Gasteiger partial charge is 0.382 e. The zero-order chi connectivity index (χ0) is 11.4. The molecule has 5 nitrogen and oxygen atoms in total. The highest BCUT2D eigenvalue weighted by molar-refractivity contribution is 5.38. The Labute approximate surface area is 96.0 Å². The SMILES string of the molecule is CC(CNc1ccc(N)nn1)N1CCCC1. The fourth-order valence-electron chi connectivity index (χ4n) is 2.00. The maximum atomic E-state index is 5.47. The summed E-state index contributed by atoms with van der Waals surface area (Å²) in [6.45, 7) is 5.58. The maximum absolute atomic E-state index is 5.47. The van der Waals surface area contributed by atoms with Gasteiger partial charge in [0.1, 0.15) is 11.6 Å². The van der Waals surface area contributed by atoms with Crippen molar-refractivity contribution < 1.29 is 0 Å². The van der Waals surface area contributed by atoms with E-state index in [0.717, 1.165) is 12.4 Å². The van der Waals surface area contributed by atoms with Crippen molar-refractivity contribution in [2.24, 2.45) is 0 Å². The lowest BCUT2D eigenvalue weighted by atomic mass is 10.3. The Morgan fingerprint density at radius 2 is 2.12 bits per heavy atom. The summed E-state index contributed by atoms with van der Waals surface area (Å²) < 4.78 is 0. The number of hydrogen-bond donors (Lipinski definition) is 2. The predicted molar refractivity (Wildman–Crippen MR) is 65.2 cm³/mol. The summed E-state index contributed by atoms with van der Waals surface area (Å²) in [5.41, 5.74) is 5.47. The number of rotatable bonds is 4. The van der Waals surface area contributed by atoms with Crippen LogP contribution in [0, 0.1) is 0 Å². The van der Waals surface area contributed by atoms with E-state index in [0.29, 0.717) is 11.9 Å². The third kappa shape index (κ3) is 2.82. The standard InChI is InChI=1S/C11H19N5/c1-9(16-6-2-3-7-16)8-13-11-5-4-10(12)14-15-11/h4-5,9H,2-3,6-8H2,1H3,(H2,12,14)(H,13,15). The van der Waals surface area contributed by atoms with Crippen molar-refractivity contribution in [3.05, 3.63) is 12.1 Å². The van der Waals surface area contributed by atoms with E-state index in [1.54, 1.807) is 6.07 Å². The molecule has 0 aliphatic carbocycles. The molecule has 1 aromatic heterocycles. The van der Waals surface area contributed by atoms with Crippen LogP contribution < -0.4 is 11.1 Å². The average Bonchev–Trinajstić information content (AvgIpc) is 2.81. The van der Waals surface area contributed by atoms with Gasteiger partial charge in [0.25, 0.3) is 0 Å². The summed E-state index contributed by atoms with van der Waals surface area (Å²) >= 11 is 0. The lowest BCUT2D eigenvalue weighted by Gasteiger charge is -2.23. The molecule has 0 aromatic carbocycles. The van der Waals surface area contributed by atoms with E-state index < -0.39 is 0 Å². The van der Waals surface area contributed by atoms with E-state index in [-0.39, 0.29) is 0 Å². The lowest BCUT2D eigenvalue weighted by molar-refractivity contribution is 0.269. The molecule has 1 saturated heterocycles. The van der Waals surface area contributed by atoms with Gasteiger partial charge in [-0.3, -0.25) is 4.90 Å². The highest BCUT2D eigenvalue weighted by Gasteiger charge is 2.17. The molecule has 2 heterocycles. The highest BCUT2D eigenvalue weighted by Crippen LogP contribution is 2.12. The summed E-state index contributed by atoms with van der Waals surface area (Å²) in [7, 11) is 0. The molecule has 0 saturated carbocycles. The van der Waals surface area contributed by atoms with Crippen LogP contribution in [0.4, 0.5) is 11.6 Å². The number of likely N-dealkylation sites (tertiary alicyclic amines) is 1. The van der Waals surface area contributed by atoms with Crippen molar-refractivity contribution in [2.45, 2.75) is 25.8 Å². The molecule has 1 atom stereocenters. The fourth-order valence-corrected chi connectivity index (χ4v) is 2.00. The second kappa shape index (κ2) is 5.12. The summed E-state index contributed by atoms with van der Waals surface area (Å²) in [6, 6.07) is 4.16. The normalized spacial score (nSPS) is 18.6. The van der Waals surface area contributed by atoms with Crippen molar-refractivity contribution in [2.75, 3.05) is 30.7 Å². The second-order valence-electron chi connectivity index (χ2n) is 4.32. The molecule has 1 aromatic rings. The van der Waals surface area contributed by atoms with Crippen molar-refractivity contribution >= 4 is 11.6 Å². The molecule has 0 amide bonds. The Morgan fingerprint density at radius 1 is 1.38 bits per heavy atom. The first kappa shape index (κ1) is 11.1. The smallest absolute Gasteiger partial charge is 0.148 e. The van der Waals surface area contributed by atoms with Crippen molar-refractivity contribution in [1.82, 2.24) is 15.1 Å². The van der Waals surface area contributed by atoms with Crippen LogP contribution >= 0.6 is 0 Å². The zero-order valence-electron chi connectivity index (χ0n) is 9.69. The Balaban J connectivity index is 1.80. The number of hydrogen-bond acceptors (Lipinski definition) is 5. The van der Waals surface area contributed by atoms with Gasteiger partial charge in [0.15, 0.2) is 0 Å². The molecular weight excluding hydrogens is 202 g/mol. The summed E-state index contributed by atoms with van der Waals surface area (Å²) in [4.78, 5) is 2.50. The van der Waals surface area contributed by atoms with Gasteiger partial charge in [0.2, 0.25) is 0 Å². The molecule has 0 spiro atoms. The van der Waals surface area contributed by atoms with E-state index in [1.165, 1.54) is 25.9 Å². The number of aromatic nitrogens is 2. The number of nitrogens with two attached hydrogens (primary N) is 1. The van der Waals surface area contributed by atoms with E-state index >= 15 is 0 Å². The monoisotopic (exact) mass is 221 g/mol. The van der Waals surface area contributed by atoms with Crippen LogP contribution in [0.3, 0.4) is 0 Å². The quantitative estimate of drug-likeness (QED) is 0.792. The average molecular weight is 221 g/mol. The Hall–Kier alpha value is -1.36. The number of nitrogens with one attached hydrogen (secondary N) is 1. The number of anilines is 2. The van der Waals surface area contributed by atoms with Crippen LogP contribution in [-0.4, -0.2) is 40.8 Å². The number of nitrogens with zero attached hydrogens (tertiary/aromatic N) is 3. The van der Waals surface area contributed by atoms with Crippen LogP contribution in [0.25, 0.3) is 0 Å². The van der Waals surface area contributed by atoms with Crippen LogP contribution in [0.1, 0.15) is 19.8 Å². The van der Waals surface area contributed by atoms with Gasteiger partial charge < -0.3 is 11.1 Å². The first-order valence-electron chi connectivity index (χ1n) is 5.83. The van der Waals surface area contributed by atoms with Gasteiger partial charge >= 0.3 is 0 Å². The van der Waals surface area contributed by atoms with Crippen LogP contribution in [0.5, 0.6) is 0 Å². The van der Waals surface area contributed by atoms with Crippen LogP contribution in [0.15, 0.2) is 12.1 Å². The van der Waals surface area contributed by atoms with Gasteiger partial charge in [-0.1, -0.05) is 0 Å². The van der Waals surface area contributed by atoms with E-state index in [9.17, 15) is 0 Å². The first-order valence-corrected chi connectivity index (χ1v) is 5.83. The molecule has 88 valence electrons. The molecule has 5 heteroatoms. The van der Waals surface area contributed by atoms with Gasteiger partial charge in [-0.15, -0.1) is 10.2 Å². The maximum Gasteiger partial charge on any atom is 0.148 e. The van der Waals surface area contributed by atoms with Gasteiger partial charge in [0.05, 0.1) is 0 Å². The third-order valence-electron chi connectivity index (χ3n) is 3.03. The molecule has 1 aliphatic heterocycles. The first-order chi connectivity index (χ1) is 7.75. The molecule has 0 radical (unpaired) electrons. The molecule has 16 heavy (non-hydrogen) atoms. The molecule has 0 bridgehead atoms. The highest BCUT2D eigenvalue weighted by atomic mass is 15.2. The van der Waals surface area contributed by atoms with Crippen molar-refractivity contribution in [3.63, 3.8) is 0 Å². The molecule has 1 aliphatic rings. The molecular formula is C11H19N5. The second-order valence-corrected chi connectivity index (χ2v) is 4.32. The topological polar surface area (TPSA) is 67.1 Å². The van der Waals surface area contributed by atoms with Gasteiger partial charge in [-0.05, 0) is 45.0 Å². The fraction of sp³-hybridized carbons (Fsp3) is 0.636. The number of nitrogen functional groups attached to an aromatic ring is 1. The van der Waals surface area contributed by atoms with E-state index in [1.807, 2.05) is 6.07 Å². The predicted octanol–water partition coefficient (Wildman–Crippen LogP) is 0.955. The molecule has 1 unspecified atom stereocenters. The minimum Gasteiger partial charge on any atom is -0.382 e. The summed E-state index contributed by atoms with van der Waals surface area (Å²) in [5.74, 6) is 1.25. The molecule has 2 rings (SSSR count). The molecule has 3 N–H and O–H groups in total. The van der Waals surface area contributed by atoms with Crippen LogP contribution in [0.2, 0.25) is 0 Å². The summed E-state index contributed by atoms with van der Waals surface area (Å²) in [6.07, 6.45) is 2.65. The lowest BCUT2D eigenvalue weighted by Crippen LogP contribution is -2.35. The van der Waals surface area contributed by atoms with Gasteiger partial charge in [0, 0.05) is 12.6 Å². The Morgan fingerprint density at radius 3 is 2.75 bits per heavy atom. The third-order valence-corrected chi connectivity index (χ3v) is 3.03. The zero-order valence-corrected chi connectivity index (χ0v) is 9.69.